The molecule has 2 N–H and O–H groups in total. The first kappa shape index (κ1) is 46.6. The topological polar surface area (TPSA) is 123 Å². The van der Waals surface area contributed by atoms with Crippen LogP contribution in [-0.2, 0) is 28.6 Å². The van der Waals surface area contributed by atoms with E-state index in [0.29, 0.717) is 37.7 Å². The van der Waals surface area contributed by atoms with Crippen LogP contribution >= 0.6 is 0 Å². The number of esters is 2. The summed E-state index contributed by atoms with van der Waals surface area (Å²) in [7, 11) is 0. The van der Waals surface area contributed by atoms with Gasteiger partial charge in [-0.1, -0.05) is 119 Å². The van der Waals surface area contributed by atoms with Gasteiger partial charge in [-0.2, -0.15) is 0 Å². The average Bonchev–Trinajstić information content (AvgIpc) is 3.67. The van der Waals surface area contributed by atoms with Crippen molar-refractivity contribution in [1.29, 1.82) is 0 Å². The van der Waals surface area contributed by atoms with Crippen LogP contribution in [-0.4, -0.2) is 63.6 Å². The van der Waals surface area contributed by atoms with Gasteiger partial charge in [-0.3, -0.25) is 14.4 Å². The number of carbonyl (C=O) groups is 3. The maximum Gasteiger partial charge on any atom is 0.306 e. The smallest absolute Gasteiger partial charge is 0.306 e. The van der Waals surface area contributed by atoms with Crippen LogP contribution in [0, 0.1) is 10.8 Å². The molecule has 1 saturated heterocycles. The zero-order valence-electron chi connectivity index (χ0n) is 35.9. The number of ketones is 1. The van der Waals surface area contributed by atoms with Gasteiger partial charge in [-0.05, 0) is 76.4 Å². The van der Waals surface area contributed by atoms with Crippen molar-refractivity contribution in [3.05, 3.63) is 100 Å². The summed E-state index contributed by atoms with van der Waals surface area (Å²) in [6.07, 6.45) is 25.7. The first-order valence-corrected chi connectivity index (χ1v) is 20.2. The molecular formula is C48H68O8. The van der Waals surface area contributed by atoms with Crippen molar-refractivity contribution >= 4 is 17.7 Å². The Bertz CT molecular complexity index is 1710. The Labute approximate surface area is 336 Å². The minimum atomic E-state index is -1.13. The van der Waals surface area contributed by atoms with E-state index in [1.165, 1.54) is 6.92 Å². The van der Waals surface area contributed by atoms with Gasteiger partial charge in [0, 0.05) is 43.8 Å². The van der Waals surface area contributed by atoms with Crippen LogP contribution in [0.25, 0.3) is 0 Å². The number of epoxide rings is 1. The molecular weight excluding hydrogens is 705 g/mol. The predicted molar refractivity (Wildman–Crippen MR) is 224 cm³/mol. The van der Waals surface area contributed by atoms with Gasteiger partial charge in [0.2, 0.25) is 0 Å². The molecule has 308 valence electrons. The van der Waals surface area contributed by atoms with Crippen LogP contribution < -0.4 is 0 Å². The lowest BCUT2D eigenvalue weighted by molar-refractivity contribution is -0.152. The third-order valence-corrected chi connectivity index (χ3v) is 11.4. The Balaban J connectivity index is 1.65. The van der Waals surface area contributed by atoms with E-state index in [-0.39, 0.29) is 47.7 Å². The van der Waals surface area contributed by atoms with Crippen LogP contribution in [0.15, 0.2) is 100 Å². The summed E-state index contributed by atoms with van der Waals surface area (Å²) < 4.78 is 17.2. The highest BCUT2D eigenvalue weighted by molar-refractivity contribution is 5.97. The van der Waals surface area contributed by atoms with E-state index in [1.807, 2.05) is 116 Å². The van der Waals surface area contributed by atoms with E-state index >= 15 is 0 Å². The number of carbonyl (C=O) groups excluding carboxylic acids is 3. The van der Waals surface area contributed by atoms with Crippen molar-refractivity contribution in [2.24, 2.45) is 10.8 Å². The van der Waals surface area contributed by atoms with Crippen molar-refractivity contribution in [3.63, 3.8) is 0 Å². The van der Waals surface area contributed by atoms with Gasteiger partial charge < -0.3 is 24.4 Å². The molecule has 3 fully saturated rings. The van der Waals surface area contributed by atoms with Gasteiger partial charge in [0.15, 0.2) is 5.78 Å². The molecule has 0 radical (unpaired) electrons. The van der Waals surface area contributed by atoms with E-state index in [2.05, 4.69) is 12.7 Å². The molecule has 0 bridgehead atoms. The van der Waals surface area contributed by atoms with Crippen LogP contribution in [0.4, 0.5) is 0 Å². The van der Waals surface area contributed by atoms with Crippen LogP contribution in [0.5, 0.6) is 0 Å². The van der Waals surface area contributed by atoms with Crippen molar-refractivity contribution in [1.82, 2.24) is 0 Å². The third-order valence-electron chi connectivity index (χ3n) is 11.4. The molecule has 5 atom stereocenters. The average molecular weight is 773 g/mol. The summed E-state index contributed by atoms with van der Waals surface area (Å²) in [5.74, 6) is -0.758. The van der Waals surface area contributed by atoms with Gasteiger partial charge in [-0.15, -0.1) is 5.73 Å². The minimum Gasteiger partial charge on any atom is -0.462 e. The lowest BCUT2D eigenvalue weighted by atomic mass is 9.61. The maximum atomic E-state index is 13.8. The summed E-state index contributed by atoms with van der Waals surface area (Å²) in [5, 5.41) is 21.6. The summed E-state index contributed by atoms with van der Waals surface area (Å²) in [4.78, 5) is 37.7. The minimum absolute atomic E-state index is 0.0906. The summed E-state index contributed by atoms with van der Waals surface area (Å²) in [6, 6.07) is 0. The fourth-order valence-electron chi connectivity index (χ4n) is 8.58. The summed E-state index contributed by atoms with van der Waals surface area (Å²) in [6.45, 7) is 21.3. The van der Waals surface area contributed by atoms with Gasteiger partial charge in [0.25, 0.3) is 0 Å². The molecule has 3 rings (SSSR count). The van der Waals surface area contributed by atoms with Crippen molar-refractivity contribution < 1.29 is 38.8 Å². The molecule has 56 heavy (non-hydrogen) atoms. The number of unbranched alkanes of at least 4 members (excludes halogenated alkanes) is 2. The molecule has 2 unspecified atom stereocenters. The number of fused-ring (bicyclic) bond motifs is 1. The normalized spacial score (nSPS) is 29.3. The number of aliphatic hydroxyl groups is 2. The Hall–Kier alpha value is -3.81. The standard InChI is InChI=1S/C48H68O8/c1-12-13-14-25-43(52)54-33-38(41(51)32-48-45(8,9)28-39(50)29-47(48,11)56-48)24-18-23-35(3)20-16-15-19-34(2)21-17-22-36(4)26-27-42-44(6,7)30-40(55-37(5)49)31-46(42,10)53/h15-24,26,39-40,50,53H,12-14,25,28-33H2,1-11H3/b16-15+,21-17+,23-18+,34-19+,35-20+,36-22+,38-24-/t27?,39-,40?,46?,47+,48-/m0/s1. The molecule has 8 heteroatoms. The summed E-state index contributed by atoms with van der Waals surface area (Å²) in [5.41, 5.74) is 4.47. The summed E-state index contributed by atoms with van der Waals surface area (Å²) >= 11 is 0. The van der Waals surface area contributed by atoms with Gasteiger partial charge in [0.1, 0.15) is 18.3 Å². The number of allylic oxidation sites excluding steroid dienone is 13. The van der Waals surface area contributed by atoms with E-state index in [9.17, 15) is 24.6 Å². The molecule has 3 aliphatic rings. The largest absolute Gasteiger partial charge is 0.462 e. The molecule has 2 saturated carbocycles. The maximum absolute atomic E-state index is 13.8. The Morgan fingerprint density at radius 2 is 1.43 bits per heavy atom. The molecule has 1 heterocycles. The molecule has 0 aromatic carbocycles. The molecule has 8 nitrogen and oxygen atoms in total. The number of aliphatic hydroxyl groups excluding tert-OH is 1. The molecule has 0 aromatic rings. The zero-order chi connectivity index (χ0) is 42.0. The Morgan fingerprint density at radius 3 is 2.00 bits per heavy atom. The predicted octanol–water partition coefficient (Wildman–Crippen LogP) is 9.80. The van der Waals surface area contributed by atoms with Gasteiger partial charge in [-0.25, -0.2) is 0 Å². The van der Waals surface area contributed by atoms with Crippen molar-refractivity contribution in [2.45, 2.75) is 163 Å². The fraction of sp³-hybridized carbons (Fsp3) is 0.583. The monoisotopic (exact) mass is 772 g/mol. The lowest BCUT2D eigenvalue weighted by Gasteiger charge is -2.44. The molecule has 2 aliphatic carbocycles. The number of ether oxygens (including phenoxy) is 3. The first-order valence-electron chi connectivity index (χ1n) is 20.2. The van der Waals surface area contributed by atoms with E-state index in [4.69, 9.17) is 14.2 Å². The highest BCUT2D eigenvalue weighted by Crippen LogP contribution is 2.67. The van der Waals surface area contributed by atoms with Gasteiger partial charge in [0.05, 0.1) is 17.3 Å². The lowest BCUT2D eigenvalue weighted by Crippen LogP contribution is -2.48. The quantitative estimate of drug-likeness (QED) is 0.0374. The molecule has 0 spiro atoms. The number of hydrogen-bond acceptors (Lipinski definition) is 8. The van der Waals surface area contributed by atoms with Crippen molar-refractivity contribution in [3.8, 4) is 0 Å². The van der Waals surface area contributed by atoms with E-state index in [0.717, 1.165) is 41.6 Å². The second-order valence-corrected chi connectivity index (χ2v) is 17.8. The van der Waals surface area contributed by atoms with Gasteiger partial charge >= 0.3 is 11.9 Å². The molecule has 0 aromatic heterocycles. The van der Waals surface area contributed by atoms with E-state index in [1.54, 1.807) is 13.0 Å². The third kappa shape index (κ3) is 12.9. The molecule has 0 amide bonds. The van der Waals surface area contributed by atoms with Crippen LogP contribution in [0.1, 0.15) is 134 Å². The SMILES string of the molecule is CCCCCC(=O)OC/C(=C/C=C/C(C)=C/C=C/C=C(C)/C=C/C=C(\C)C=C=C1C(C)(C)CC(OC(C)=O)CC1(C)O)C(=O)C[C@@]12O[C@]1(C)C[C@@H](O)CC2(C)C. The van der Waals surface area contributed by atoms with Crippen molar-refractivity contribution in [2.75, 3.05) is 6.61 Å². The highest BCUT2D eigenvalue weighted by atomic mass is 16.6. The fourth-order valence-corrected chi connectivity index (χ4v) is 8.58. The second kappa shape index (κ2) is 19.6. The highest BCUT2D eigenvalue weighted by Gasteiger charge is 2.76. The Morgan fingerprint density at radius 1 is 0.821 bits per heavy atom. The number of rotatable bonds is 17. The number of Topliss-reactive ketones (excluding diaryl/α,β-unsaturated/α-hetero) is 1. The number of hydrogen-bond donors (Lipinski definition) is 2. The van der Waals surface area contributed by atoms with Crippen LogP contribution in [0.3, 0.4) is 0 Å². The zero-order valence-corrected chi connectivity index (χ0v) is 35.9. The second-order valence-electron chi connectivity index (χ2n) is 17.8. The van der Waals surface area contributed by atoms with E-state index < -0.39 is 22.9 Å². The molecule has 1 aliphatic heterocycles. The first-order chi connectivity index (χ1) is 26.1. The Kier molecular flexibility index (Phi) is 16.3. The van der Waals surface area contributed by atoms with Crippen LogP contribution in [0.2, 0.25) is 0 Å².